The quantitative estimate of drug-likeness (QED) is 0.729. The Balaban J connectivity index is 2.17. The highest BCUT2D eigenvalue weighted by atomic mass is 16.5. The average Bonchev–Trinajstić information content (AvgIpc) is 2.53. The first-order valence-corrected chi connectivity index (χ1v) is 6.57. The average molecular weight is 265 g/mol. The van der Waals surface area contributed by atoms with Crippen molar-refractivity contribution in [2.24, 2.45) is 0 Å². The lowest BCUT2D eigenvalue weighted by molar-refractivity contribution is 0.401. The number of hydrogen-bond acceptors (Lipinski definition) is 4. The molecule has 20 heavy (non-hydrogen) atoms. The molecule has 0 N–H and O–H groups in total. The molecule has 0 amide bonds. The third-order valence-corrected chi connectivity index (χ3v) is 3.24. The Bertz CT molecular complexity index is 738. The lowest BCUT2D eigenvalue weighted by Gasteiger charge is -2.08. The lowest BCUT2D eigenvalue weighted by atomic mass is 10.1. The Kier molecular flexibility index (Phi) is 3.29. The van der Waals surface area contributed by atoms with E-state index in [4.69, 9.17) is 4.74 Å². The maximum Gasteiger partial charge on any atom is 0.224 e. The molecule has 0 spiro atoms. The van der Waals surface area contributed by atoms with Crippen LogP contribution in [0.15, 0.2) is 42.7 Å². The molecule has 4 nitrogen and oxygen atoms in total. The summed E-state index contributed by atoms with van der Waals surface area (Å²) in [6.07, 6.45) is 4.61. The van der Waals surface area contributed by atoms with Crippen LogP contribution < -0.4 is 4.74 Å². The van der Waals surface area contributed by atoms with Crippen LogP contribution in [0.1, 0.15) is 12.5 Å². The van der Waals surface area contributed by atoms with Crippen molar-refractivity contribution in [1.29, 1.82) is 0 Å². The van der Waals surface area contributed by atoms with Crippen LogP contribution in [0.5, 0.6) is 5.88 Å². The van der Waals surface area contributed by atoms with E-state index >= 15 is 0 Å². The van der Waals surface area contributed by atoms with Gasteiger partial charge in [0, 0.05) is 17.8 Å². The van der Waals surface area contributed by atoms with Gasteiger partial charge >= 0.3 is 0 Å². The zero-order chi connectivity index (χ0) is 13.9. The minimum absolute atomic E-state index is 0.549. The number of benzene rings is 1. The van der Waals surface area contributed by atoms with Crippen LogP contribution in [0.2, 0.25) is 0 Å². The standard InChI is InChI=1S/C16H15N3O/c1-3-11-9-17-15(18-10-11)13-8-12-6-4-5-7-14(12)19-16(13)20-2/h4-10H,3H2,1-2H3. The van der Waals surface area contributed by atoms with Crippen molar-refractivity contribution in [2.75, 3.05) is 7.11 Å². The predicted octanol–water partition coefficient (Wildman–Crippen LogP) is 3.26. The van der Waals surface area contributed by atoms with E-state index in [1.54, 1.807) is 7.11 Å². The van der Waals surface area contributed by atoms with Crippen LogP contribution in [0.3, 0.4) is 0 Å². The Labute approximate surface area is 117 Å². The van der Waals surface area contributed by atoms with E-state index in [1.807, 2.05) is 42.7 Å². The monoisotopic (exact) mass is 265 g/mol. The third kappa shape index (κ3) is 2.20. The molecule has 3 rings (SSSR count). The van der Waals surface area contributed by atoms with Gasteiger partial charge in [0.2, 0.25) is 5.88 Å². The molecule has 0 fully saturated rings. The summed E-state index contributed by atoms with van der Waals surface area (Å²) in [6, 6.07) is 9.94. The van der Waals surface area contributed by atoms with Crippen LogP contribution in [-0.2, 0) is 6.42 Å². The number of fused-ring (bicyclic) bond motifs is 1. The molecule has 0 radical (unpaired) electrons. The third-order valence-electron chi connectivity index (χ3n) is 3.24. The van der Waals surface area contributed by atoms with Crippen molar-refractivity contribution < 1.29 is 4.74 Å². The van der Waals surface area contributed by atoms with Crippen molar-refractivity contribution in [3.8, 4) is 17.3 Å². The summed E-state index contributed by atoms with van der Waals surface area (Å²) >= 11 is 0. The summed E-state index contributed by atoms with van der Waals surface area (Å²) in [7, 11) is 1.61. The highest BCUT2D eigenvalue weighted by Gasteiger charge is 2.11. The Morgan fingerprint density at radius 2 is 1.85 bits per heavy atom. The summed E-state index contributed by atoms with van der Waals surface area (Å²) < 4.78 is 5.37. The highest BCUT2D eigenvalue weighted by Crippen LogP contribution is 2.29. The normalized spacial score (nSPS) is 10.7. The van der Waals surface area contributed by atoms with Crippen molar-refractivity contribution in [3.63, 3.8) is 0 Å². The fourth-order valence-corrected chi connectivity index (χ4v) is 2.09. The molecular weight excluding hydrogens is 250 g/mol. The maximum atomic E-state index is 5.37. The molecule has 0 aliphatic rings. The largest absolute Gasteiger partial charge is 0.480 e. The molecule has 3 aromatic rings. The molecule has 0 aliphatic carbocycles. The van der Waals surface area contributed by atoms with Crippen LogP contribution in [-0.4, -0.2) is 22.1 Å². The molecule has 0 saturated carbocycles. The van der Waals surface area contributed by atoms with Gasteiger partial charge in [-0.1, -0.05) is 25.1 Å². The summed E-state index contributed by atoms with van der Waals surface area (Å²) in [5.74, 6) is 1.19. The van der Waals surface area contributed by atoms with Crippen LogP contribution in [0, 0.1) is 0 Å². The number of hydrogen-bond donors (Lipinski definition) is 0. The molecule has 0 bridgehead atoms. The van der Waals surface area contributed by atoms with Gasteiger partial charge < -0.3 is 4.74 Å². The number of nitrogens with zero attached hydrogens (tertiary/aromatic N) is 3. The number of rotatable bonds is 3. The Morgan fingerprint density at radius 3 is 2.55 bits per heavy atom. The molecule has 0 atom stereocenters. The molecule has 2 heterocycles. The van der Waals surface area contributed by atoms with Gasteiger partial charge in [0.15, 0.2) is 5.82 Å². The second-order valence-corrected chi connectivity index (χ2v) is 4.51. The number of aryl methyl sites for hydroxylation is 1. The fourth-order valence-electron chi connectivity index (χ4n) is 2.09. The van der Waals surface area contributed by atoms with Gasteiger partial charge in [0.1, 0.15) is 0 Å². The molecular formula is C16H15N3O. The van der Waals surface area contributed by atoms with E-state index in [2.05, 4.69) is 21.9 Å². The molecule has 0 aliphatic heterocycles. The second-order valence-electron chi connectivity index (χ2n) is 4.51. The Morgan fingerprint density at radius 1 is 1.10 bits per heavy atom. The number of para-hydroxylation sites is 1. The molecule has 2 aromatic heterocycles. The fraction of sp³-hybridized carbons (Fsp3) is 0.188. The van der Waals surface area contributed by atoms with Crippen LogP contribution in [0.25, 0.3) is 22.3 Å². The Hall–Kier alpha value is -2.49. The molecule has 100 valence electrons. The number of aromatic nitrogens is 3. The van der Waals surface area contributed by atoms with Gasteiger partial charge in [0.25, 0.3) is 0 Å². The first kappa shape index (κ1) is 12.5. The van der Waals surface area contributed by atoms with Gasteiger partial charge in [-0.2, -0.15) is 0 Å². The number of ether oxygens (including phenoxy) is 1. The van der Waals surface area contributed by atoms with E-state index in [0.29, 0.717) is 11.7 Å². The smallest absolute Gasteiger partial charge is 0.224 e. The second kappa shape index (κ2) is 5.25. The minimum Gasteiger partial charge on any atom is -0.480 e. The first-order valence-electron chi connectivity index (χ1n) is 6.57. The predicted molar refractivity (Wildman–Crippen MR) is 78.7 cm³/mol. The zero-order valence-corrected chi connectivity index (χ0v) is 11.5. The highest BCUT2D eigenvalue weighted by molar-refractivity contribution is 5.84. The summed E-state index contributed by atoms with van der Waals surface area (Å²) in [5.41, 5.74) is 2.83. The van der Waals surface area contributed by atoms with E-state index < -0.39 is 0 Å². The molecule has 0 saturated heterocycles. The molecule has 1 aromatic carbocycles. The molecule has 4 heteroatoms. The SMILES string of the molecule is CCc1cnc(-c2cc3ccccc3nc2OC)nc1. The summed E-state index contributed by atoms with van der Waals surface area (Å²) in [4.78, 5) is 13.3. The van der Waals surface area contributed by atoms with Crippen molar-refractivity contribution in [3.05, 3.63) is 48.3 Å². The topological polar surface area (TPSA) is 47.9 Å². The van der Waals surface area contributed by atoms with Crippen LogP contribution in [0.4, 0.5) is 0 Å². The van der Waals surface area contributed by atoms with E-state index in [-0.39, 0.29) is 0 Å². The van der Waals surface area contributed by atoms with Gasteiger partial charge in [0.05, 0.1) is 18.2 Å². The maximum absolute atomic E-state index is 5.37. The van der Waals surface area contributed by atoms with Crippen molar-refractivity contribution in [1.82, 2.24) is 15.0 Å². The van der Waals surface area contributed by atoms with Gasteiger partial charge in [-0.3, -0.25) is 0 Å². The lowest BCUT2D eigenvalue weighted by Crippen LogP contribution is -1.97. The minimum atomic E-state index is 0.549. The first-order chi connectivity index (χ1) is 9.81. The van der Waals surface area contributed by atoms with Gasteiger partial charge in [-0.25, -0.2) is 15.0 Å². The number of pyridine rings is 1. The summed E-state index contributed by atoms with van der Waals surface area (Å²) in [5, 5.41) is 1.05. The van der Waals surface area contributed by atoms with Crippen LogP contribution >= 0.6 is 0 Å². The van der Waals surface area contributed by atoms with E-state index in [0.717, 1.165) is 28.5 Å². The summed E-state index contributed by atoms with van der Waals surface area (Å²) in [6.45, 7) is 2.08. The molecule has 0 unspecified atom stereocenters. The zero-order valence-electron chi connectivity index (χ0n) is 11.5. The number of methoxy groups -OCH3 is 1. The van der Waals surface area contributed by atoms with E-state index in [9.17, 15) is 0 Å². The van der Waals surface area contributed by atoms with Crippen molar-refractivity contribution in [2.45, 2.75) is 13.3 Å². The van der Waals surface area contributed by atoms with E-state index in [1.165, 1.54) is 0 Å². The van der Waals surface area contributed by atoms with Crippen molar-refractivity contribution >= 4 is 10.9 Å². The van der Waals surface area contributed by atoms with Gasteiger partial charge in [-0.15, -0.1) is 0 Å². The van der Waals surface area contributed by atoms with Gasteiger partial charge in [-0.05, 0) is 24.1 Å².